The molecule has 1 amide bonds. The van der Waals surface area contributed by atoms with Gasteiger partial charge in [-0.2, -0.15) is 5.10 Å². The summed E-state index contributed by atoms with van der Waals surface area (Å²) in [5.74, 6) is 0.389. The molecule has 0 bridgehead atoms. The van der Waals surface area contributed by atoms with Gasteiger partial charge in [-0.15, -0.1) is 22.7 Å². The van der Waals surface area contributed by atoms with Crippen LogP contribution in [0, 0.1) is 13.8 Å². The molecule has 4 aromatic rings. The average molecular weight is 439 g/mol. The second kappa shape index (κ2) is 7.33. The minimum Gasteiger partial charge on any atom is -0.467 e. The van der Waals surface area contributed by atoms with E-state index in [0.717, 1.165) is 21.0 Å². The van der Waals surface area contributed by atoms with E-state index in [0.29, 0.717) is 22.4 Å². The standard InChI is InChI=1S/C21H18N4O3S2/c1-12-13(2)30-20-19(12)21(27)24(11-22-20)10-18(26)25-15(16-5-3-7-28-16)9-14(23-25)17-6-4-8-29-17/h3-8,11,15H,9-10H2,1-2H3. The molecule has 0 radical (unpaired) electrons. The van der Waals surface area contributed by atoms with Gasteiger partial charge in [-0.25, -0.2) is 9.99 Å². The van der Waals surface area contributed by atoms with Crippen LogP contribution in [0.4, 0.5) is 0 Å². The number of carbonyl (C=O) groups is 1. The number of nitrogens with zero attached hydrogens (tertiary/aromatic N) is 4. The minimum atomic E-state index is -0.331. The second-order valence-corrected chi connectivity index (χ2v) is 9.29. The normalized spacial score (nSPS) is 16.4. The molecule has 5 heterocycles. The highest BCUT2D eigenvalue weighted by Crippen LogP contribution is 2.34. The first-order valence-electron chi connectivity index (χ1n) is 9.45. The number of aromatic nitrogens is 2. The quantitative estimate of drug-likeness (QED) is 0.480. The first-order valence-corrected chi connectivity index (χ1v) is 11.1. The van der Waals surface area contributed by atoms with Gasteiger partial charge in [0, 0.05) is 11.3 Å². The van der Waals surface area contributed by atoms with Crippen LogP contribution in [0.3, 0.4) is 0 Å². The van der Waals surface area contributed by atoms with Crippen molar-refractivity contribution in [3.63, 3.8) is 0 Å². The molecule has 152 valence electrons. The Morgan fingerprint density at radius 2 is 2.17 bits per heavy atom. The zero-order valence-electron chi connectivity index (χ0n) is 16.4. The fourth-order valence-corrected chi connectivity index (χ4v) is 5.34. The van der Waals surface area contributed by atoms with Gasteiger partial charge in [0.2, 0.25) is 0 Å². The highest BCUT2D eigenvalue weighted by atomic mass is 32.1. The molecule has 1 atom stereocenters. The maximum atomic E-state index is 13.2. The minimum absolute atomic E-state index is 0.130. The van der Waals surface area contributed by atoms with Crippen molar-refractivity contribution in [2.45, 2.75) is 32.9 Å². The predicted octanol–water partition coefficient (Wildman–Crippen LogP) is 4.11. The summed E-state index contributed by atoms with van der Waals surface area (Å²) >= 11 is 3.07. The lowest BCUT2D eigenvalue weighted by Gasteiger charge is -2.20. The van der Waals surface area contributed by atoms with Crippen molar-refractivity contribution >= 4 is 44.5 Å². The number of hydrogen-bond acceptors (Lipinski definition) is 7. The van der Waals surface area contributed by atoms with Crippen LogP contribution in [0.25, 0.3) is 10.2 Å². The molecule has 30 heavy (non-hydrogen) atoms. The largest absolute Gasteiger partial charge is 0.467 e. The molecule has 0 aliphatic carbocycles. The Morgan fingerprint density at radius 1 is 1.30 bits per heavy atom. The van der Waals surface area contributed by atoms with Crippen molar-refractivity contribution < 1.29 is 9.21 Å². The Bertz CT molecular complexity index is 1320. The number of fused-ring (bicyclic) bond motifs is 1. The topological polar surface area (TPSA) is 80.7 Å². The maximum Gasteiger partial charge on any atom is 0.263 e. The first-order chi connectivity index (χ1) is 14.5. The van der Waals surface area contributed by atoms with Crippen LogP contribution in [0.2, 0.25) is 0 Å². The van der Waals surface area contributed by atoms with Crippen LogP contribution >= 0.6 is 22.7 Å². The summed E-state index contributed by atoms with van der Waals surface area (Å²) in [4.78, 5) is 33.4. The number of amides is 1. The van der Waals surface area contributed by atoms with Gasteiger partial charge in [0.05, 0.1) is 28.6 Å². The fourth-order valence-electron chi connectivity index (χ4n) is 3.64. The number of carbonyl (C=O) groups excluding carboxylic acids is 1. The van der Waals surface area contributed by atoms with Gasteiger partial charge in [0.1, 0.15) is 23.2 Å². The first kappa shape index (κ1) is 19.0. The molecule has 9 heteroatoms. The summed E-state index contributed by atoms with van der Waals surface area (Å²) in [6.45, 7) is 3.75. The second-order valence-electron chi connectivity index (χ2n) is 7.14. The van der Waals surface area contributed by atoms with E-state index >= 15 is 0 Å². The Labute approximate surface area is 179 Å². The van der Waals surface area contributed by atoms with Gasteiger partial charge >= 0.3 is 0 Å². The molecule has 1 unspecified atom stereocenters. The van der Waals surface area contributed by atoms with Gasteiger partial charge in [0.15, 0.2) is 0 Å². The third kappa shape index (κ3) is 3.10. The molecule has 1 aliphatic rings. The Kier molecular flexibility index (Phi) is 4.63. The number of aryl methyl sites for hydroxylation is 2. The van der Waals surface area contributed by atoms with Gasteiger partial charge in [-0.05, 0) is 43.0 Å². The van der Waals surface area contributed by atoms with E-state index in [9.17, 15) is 9.59 Å². The third-order valence-electron chi connectivity index (χ3n) is 5.30. The van der Waals surface area contributed by atoms with Crippen molar-refractivity contribution in [1.29, 1.82) is 0 Å². The molecule has 0 N–H and O–H groups in total. The fraction of sp³-hybridized carbons (Fsp3) is 0.238. The van der Waals surface area contributed by atoms with Crippen molar-refractivity contribution in [2.75, 3.05) is 0 Å². The molecule has 4 aromatic heterocycles. The smallest absolute Gasteiger partial charge is 0.263 e. The predicted molar refractivity (Wildman–Crippen MR) is 117 cm³/mol. The third-order valence-corrected chi connectivity index (χ3v) is 7.34. The van der Waals surface area contributed by atoms with Crippen LogP contribution in [0.5, 0.6) is 0 Å². The lowest BCUT2D eigenvalue weighted by atomic mass is 10.1. The zero-order chi connectivity index (χ0) is 20.8. The number of thiophene rings is 2. The summed E-state index contributed by atoms with van der Waals surface area (Å²) in [7, 11) is 0. The average Bonchev–Trinajstić information content (AvgIpc) is 3.51. The summed E-state index contributed by atoms with van der Waals surface area (Å²) < 4.78 is 6.93. The molecule has 0 spiro atoms. The van der Waals surface area contributed by atoms with Gasteiger partial charge in [0.25, 0.3) is 11.5 Å². The number of furan rings is 1. The molecular formula is C21H18N4O3S2. The molecule has 0 saturated carbocycles. The number of hydrogen-bond donors (Lipinski definition) is 0. The number of rotatable bonds is 4. The Hall–Kier alpha value is -3.04. The molecule has 1 aliphatic heterocycles. The molecule has 0 fully saturated rings. The Morgan fingerprint density at radius 3 is 2.90 bits per heavy atom. The summed E-state index contributed by atoms with van der Waals surface area (Å²) in [5.41, 5.74) is 1.55. The lowest BCUT2D eigenvalue weighted by Crippen LogP contribution is -2.34. The van der Waals surface area contributed by atoms with Crippen LogP contribution in [0.1, 0.15) is 33.5 Å². The molecule has 0 aromatic carbocycles. The molecule has 5 rings (SSSR count). The van der Waals surface area contributed by atoms with E-state index < -0.39 is 0 Å². The lowest BCUT2D eigenvalue weighted by molar-refractivity contribution is -0.134. The molecule has 0 saturated heterocycles. The summed E-state index contributed by atoms with van der Waals surface area (Å²) in [6.07, 6.45) is 3.60. The molecule has 7 nitrogen and oxygen atoms in total. The van der Waals surface area contributed by atoms with Crippen molar-refractivity contribution in [3.05, 3.63) is 73.7 Å². The van der Waals surface area contributed by atoms with Crippen LogP contribution in [-0.2, 0) is 11.3 Å². The highest BCUT2D eigenvalue weighted by molar-refractivity contribution is 7.18. The van der Waals surface area contributed by atoms with Crippen molar-refractivity contribution in [3.8, 4) is 0 Å². The van der Waals surface area contributed by atoms with Gasteiger partial charge < -0.3 is 4.42 Å². The van der Waals surface area contributed by atoms with E-state index in [1.54, 1.807) is 23.7 Å². The summed E-state index contributed by atoms with van der Waals surface area (Å²) in [5, 5.41) is 8.60. The van der Waals surface area contributed by atoms with Gasteiger partial charge in [-0.1, -0.05) is 6.07 Å². The highest BCUT2D eigenvalue weighted by Gasteiger charge is 2.35. The SMILES string of the molecule is Cc1sc2ncn(CC(=O)N3N=C(c4cccs4)CC3c3ccco3)c(=O)c2c1C. The van der Waals surface area contributed by atoms with Crippen LogP contribution in [-0.4, -0.2) is 26.2 Å². The van der Waals surface area contributed by atoms with Crippen molar-refractivity contribution in [1.82, 2.24) is 14.6 Å². The van der Waals surface area contributed by atoms with E-state index in [-0.39, 0.29) is 24.1 Å². The Balaban J connectivity index is 1.49. The van der Waals surface area contributed by atoms with E-state index in [1.165, 1.54) is 27.2 Å². The van der Waals surface area contributed by atoms with Crippen LogP contribution < -0.4 is 5.56 Å². The monoisotopic (exact) mass is 438 g/mol. The maximum absolute atomic E-state index is 13.2. The van der Waals surface area contributed by atoms with E-state index in [2.05, 4.69) is 10.1 Å². The van der Waals surface area contributed by atoms with Crippen LogP contribution in [0.15, 0.2) is 56.5 Å². The van der Waals surface area contributed by atoms with Crippen molar-refractivity contribution in [2.24, 2.45) is 5.10 Å². The van der Waals surface area contributed by atoms with E-state index in [1.807, 2.05) is 37.4 Å². The van der Waals surface area contributed by atoms with Gasteiger partial charge in [-0.3, -0.25) is 14.2 Å². The van der Waals surface area contributed by atoms with E-state index in [4.69, 9.17) is 4.42 Å². The molecular weight excluding hydrogens is 420 g/mol. The zero-order valence-corrected chi connectivity index (χ0v) is 18.0. The summed E-state index contributed by atoms with van der Waals surface area (Å²) in [6, 6.07) is 7.25. The number of hydrazone groups is 1.